The first kappa shape index (κ1) is 66.9. The van der Waals surface area contributed by atoms with E-state index in [1.165, 1.54) is 212 Å². The number of allylic oxidation sites excluding steroid dienone is 2. The third-order valence-corrected chi connectivity index (χ3v) is 14.8. The van der Waals surface area contributed by atoms with Gasteiger partial charge in [-0.25, -0.2) is 0 Å². The number of nitrogens with one attached hydrogen (secondary N) is 1. The molecule has 0 aromatic carbocycles. The first-order chi connectivity index (χ1) is 34.2. The molecule has 9 atom stereocenters. The lowest BCUT2D eigenvalue weighted by Crippen LogP contribution is -2.60. The highest BCUT2D eigenvalue weighted by molar-refractivity contribution is 5.80. The molecular formula is C59H115NO10. The van der Waals surface area contributed by atoms with Crippen LogP contribution < -0.4 is 5.32 Å². The molecule has 8 N–H and O–H groups in total. The van der Waals surface area contributed by atoms with E-state index >= 15 is 0 Å². The SMILES string of the molecule is CCCCCCCCCCCCC/C=C/CCCC(O)C(O)C(COC1OC(CO)C(O)C(O)C1O)NC(=O)C(O)CCCCCCCCCCCCCCCCCCCCCCCCCCCCC. The van der Waals surface area contributed by atoms with Gasteiger partial charge in [0.05, 0.1) is 25.4 Å². The van der Waals surface area contributed by atoms with Crippen LogP contribution in [-0.2, 0) is 14.3 Å². The molecule has 0 spiro atoms. The number of rotatable bonds is 52. The summed E-state index contributed by atoms with van der Waals surface area (Å²) < 4.78 is 11.1. The molecule has 0 aliphatic carbocycles. The number of carbonyl (C=O) groups excluding carboxylic acids is 1. The molecule has 416 valence electrons. The van der Waals surface area contributed by atoms with Gasteiger partial charge in [0.15, 0.2) is 6.29 Å². The fourth-order valence-electron chi connectivity index (χ4n) is 9.92. The van der Waals surface area contributed by atoms with Gasteiger partial charge < -0.3 is 50.5 Å². The zero-order valence-corrected chi connectivity index (χ0v) is 45.5. The van der Waals surface area contributed by atoms with Gasteiger partial charge in [-0.2, -0.15) is 0 Å². The minimum Gasteiger partial charge on any atom is -0.394 e. The van der Waals surface area contributed by atoms with Gasteiger partial charge in [0.25, 0.3) is 0 Å². The van der Waals surface area contributed by atoms with Crippen LogP contribution >= 0.6 is 0 Å². The Balaban J connectivity index is 2.25. The molecule has 1 aliphatic heterocycles. The van der Waals surface area contributed by atoms with Gasteiger partial charge in [-0.15, -0.1) is 0 Å². The molecule has 0 aromatic rings. The second-order valence-electron chi connectivity index (χ2n) is 21.4. The van der Waals surface area contributed by atoms with Crippen LogP contribution in [0.1, 0.15) is 290 Å². The predicted octanol–water partition coefficient (Wildman–Crippen LogP) is 12.7. The lowest BCUT2D eigenvalue weighted by atomic mass is 9.98. The second kappa shape index (κ2) is 48.8. The molecule has 9 unspecified atom stereocenters. The molecule has 70 heavy (non-hydrogen) atoms. The number of hydrogen-bond acceptors (Lipinski definition) is 10. The molecule has 0 radical (unpaired) electrons. The Morgan fingerprint density at radius 3 is 1.23 bits per heavy atom. The number of ether oxygens (including phenoxy) is 2. The first-order valence-electron chi connectivity index (χ1n) is 30.1. The van der Waals surface area contributed by atoms with E-state index in [0.717, 1.165) is 38.5 Å². The van der Waals surface area contributed by atoms with Crippen molar-refractivity contribution in [2.24, 2.45) is 0 Å². The van der Waals surface area contributed by atoms with Crippen molar-refractivity contribution < 1.29 is 50.0 Å². The van der Waals surface area contributed by atoms with Gasteiger partial charge >= 0.3 is 0 Å². The normalized spacial score (nSPS) is 20.3. The molecule has 0 aromatic heterocycles. The summed E-state index contributed by atoms with van der Waals surface area (Å²) in [5.74, 6) is -0.700. The fourth-order valence-corrected chi connectivity index (χ4v) is 9.92. The molecule has 11 nitrogen and oxygen atoms in total. The third kappa shape index (κ3) is 36.7. The maximum atomic E-state index is 13.2. The molecule has 1 heterocycles. The number of aliphatic hydroxyl groups is 7. The van der Waals surface area contributed by atoms with Gasteiger partial charge in [0, 0.05) is 0 Å². The Kier molecular flexibility index (Phi) is 46.6. The van der Waals surface area contributed by atoms with Crippen LogP contribution in [0.4, 0.5) is 0 Å². The van der Waals surface area contributed by atoms with Crippen LogP contribution in [-0.4, -0.2) is 110 Å². The smallest absolute Gasteiger partial charge is 0.249 e. The molecule has 1 aliphatic rings. The van der Waals surface area contributed by atoms with E-state index in [-0.39, 0.29) is 12.8 Å². The van der Waals surface area contributed by atoms with Crippen molar-refractivity contribution in [2.75, 3.05) is 13.2 Å². The summed E-state index contributed by atoms with van der Waals surface area (Å²) in [4.78, 5) is 13.2. The van der Waals surface area contributed by atoms with Crippen molar-refractivity contribution >= 4 is 5.91 Å². The average molecular weight is 999 g/mol. The van der Waals surface area contributed by atoms with Gasteiger partial charge in [0.2, 0.25) is 5.91 Å². The van der Waals surface area contributed by atoms with Crippen molar-refractivity contribution in [2.45, 2.75) is 345 Å². The van der Waals surface area contributed by atoms with Crippen LogP contribution in [0.5, 0.6) is 0 Å². The van der Waals surface area contributed by atoms with Gasteiger partial charge in [-0.3, -0.25) is 4.79 Å². The Bertz CT molecular complexity index is 1140. The number of hydrogen-bond donors (Lipinski definition) is 8. The fraction of sp³-hybridized carbons (Fsp3) is 0.949. The van der Waals surface area contributed by atoms with Crippen molar-refractivity contribution in [3.63, 3.8) is 0 Å². The number of aliphatic hydroxyl groups excluding tert-OH is 7. The van der Waals surface area contributed by atoms with Crippen LogP contribution in [0.15, 0.2) is 12.2 Å². The highest BCUT2D eigenvalue weighted by Gasteiger charge is 2.44. The monoisotopic (exact) mass is 998 g/mol. The topological polar surface area (TPSA) is 189 Å². The molecular weight excluding hydrogens is 883 g/mol. The van der Waals surface area contributed by atoms with Crippen molar-refractivity contribution in [1.29, 1.82) is 0 Å². The standard InChI is InChI=1S/C59H115NO10/c1-3-5-7-9-11-13-15-17-19-21-22-23-24-25-26-27-28-29-30-31-33-35-37-39-41-43-45-47-52(63)58(68)60-50(49-69-59-57(67)56(66)55(65)53(48-61)70-59)54(64)51(62)46-44-42-40-38-36-34-32-20-18-16-14-12-10-8-6-4-2/h38,40,50-57,59,61-67H,3-37,39,41-49H2,1-2H3,(H,60,68)/b40-38+. The Morgan fingerprint density at radius 2 is 0.843 bits per heavy atom. The summed E-state index contributed by atoms with van der Waals surface area (Å²) in [5.41, 5.74) is 0. The van der Waals surface area contributed by atoms with E-state index in [4.69, 9.17) is 9.47 Å². The van der Waals surface area contributed by atoms with E-state index < -0.39 is 74.2 Å². The zero-order chi connectivity index (χ0) is 51.1. The van der Waals surface area contributed by atoms with Crippen LogP contribution in [0.25, 0.3) is 0 Å². The number of amides is 1. The van der Waals surface area contributed by atoms with E-state index in [1.54, 1.807) is 0 Å². The largest absolute Gasteiger partial charge is 0.394 e. The lowest BCUT2D eigenvalue weighted by Gasteiger charge is -2.40. The van der Waals surface area contributed by atoms with Crippen molar-refractivity contribution in [3.05, 3.63) is 12.2 Å². The van der Waals surface area contributed by atoms with Gasteiger partial charge in [-0.1, -0.05) is 264 Å². The highest BCUT2D eigenvalue weighted by atomic mass is 16.7. The molecule has 0 saturated carbocycles. The number of carbonyl (C=O) groups is 1. The molecule has 1 rings (SSSR count). The summed E-state index contributed by atoms with van der Waals surface area (Å²) in [6.07, 6.45) is 45.7. The summed E-state index contributed by atoms with van der Waals surface area (Å²) in [7, 11) is 0. The minimum absolute atomic E-state index is 0.260. The van der Waals surface area contributed by atoms with Crippen molar-refractivity contribution in [3.8, 4) is 0 Å². The Labute approximate surface area is 430 Å². The lowest BCUT2D eigenvalue weighted by molar-refractivity contribution is -0.303. The first-order valence-corrected chi connectivity index (χ1v) is 30.1. The maximum absolute atomic E-state index is 13.2. The molecule has 1 amide bonds. The summed E-state index contributed by atoms with van der Waals surface area (Å²) >= 11 is 0. The van der Waals surface area contributed by atoms with E-state index in [2.05, 4.69) is 31.3 Å². The predicted molar refractivity (Wildman–Crippen MR) is 289 cm³/mol. The quantitative estimate of drug-likeness (QED) is 0.0215. The van der Waals surface area contributed by atoms with Crippen LogP contribution in [0.3, 0.4) is 0 Å². The van der Waals surface area contributed by atoms with Crippen LogP contribution in [0, 0.1) is 0 Å². The average Bonchev–Trinajstić information content (AvgIpc) is 3.36. The Hall–Kier alpha value is -1.15. The molecule has 1 saturated heterocycles. The zero-order valence-electron chi connectivity index (χ0n) is 45.5. The second-order valence-corrected chi connectivity index (χ2v) is 21.4. The minimum atomic E-state index is -1.66. The third-order valence-electron chi connectivity index (χ3n) is 14.8. The summed E-state index contributed by atoms with van der Waals surface area (Å²) in [6, 6.07) is -1.18. The molecule has 1 fully saturated rings. The molecule has 11 heteroatoms. The van der Waals surface area contributed by atoms with Crippen molar-refractivity contribution in [1.82, 2.24) is 5.32 Å². The van der Waals surface area contributed by atoms with Gasteiger partial charge in [0.1, 0.15) is 36.6 Å². The maximum Gasteiger partial charge on any atom is 0.249 e. The number of unbranched alkanes of at least 4 members (excludes halogenated alkanes) is 38. The van der Waals surface area contributed by atoms with E-state index in [0.29, 0.717) is 12.8 Å². The summed E-state index contributed by atoms with van der Waals surface area (Å²) in [6.45, 7) is 3.47. The van der Waals surface area contributed by atoms with E-state index in [9.17, 15) is 40.5 Å². The van der Waals surface area contributed by atoms with E-state index in [1.807, 2.05) is 0 Å². The van der Waals surface area contributed by atoms with Crippen LogP contribution in [0.2, 0.25) is 0 Å². The van der Waals surface area contributed by atoms with Gasteiger partial charge in [-0.05, 0) is 38.5 Å². The highest BCUT2D eigenvalue weighted by Crippen LogP contribution is 2.23. The summed E-state index contributed by atoms with van der Waals surface area (Å²) in [5, 5.41) is 76.1. The molecule has 0 bridgehead atoms. The Morgan fingerprint density at radius 1 is 0.486 bits per heavy atom.